The lowest BCUT2D eigenvalue weighted by atomic mass is 10.1. The molecule has 0 radical (unpaired) electrons. The van der Waals surface area contributed by atoms with Crippen molar-refractivity contribution in [2.24, 2.45) is 0 Å². The highest BCUT2D eigenvalue weighted by atomic mass is 16.6. The number of carboxylic acid groups (broad SMARTS) is 1. The van der Waals surface area contributed by atoms with Gasteiger partial charge >= 0.3 is 12.2 Å². The van der Waals surface area contributed by atoms with E-state index in [1.807, 2.05) is 0 Å². The maximum Gasteiger partial charge on any atom is 0.416 e. The molecule has 54 heavy (non-hydrogen) atoms. The number of unbranched alkanes of at least 4 members (excludes halogenated alkanes) is 22. The van der Waals surface area contributed by atoms with Gasteiger partial charge < -0.3 is 30.0 Å². The lowest BCUT2D eigenvalue weighted by Crippen LogP contribution is -2.51. The van der Waals surface area contributed by atoms with Gasteiger partial charge in [-0.25, -0.2) is 19.1 Å². The van der Waals surface area contributed by atoms with Gasteiger partial charge in [-0.05, 0) is 33.6 Å². The molecule has 314 valence electrons. The summed E-state index contributed by atoms with van der Waals surface area (Å²) in [7, 11) is 0. The summed E-state index contributed by atoms with van der Waals surface area (Å²) in [4.78, 5) is 41.6. The Kier molecular flexibility index (Phi) is 29.8. The van der Waals surface area contributed by atoms with Gasteiger partial charge in [-0.3, -0.25) is 4.79 Å². The van der Waals surface area contributed by atoms with Crippen LogP contribution in [0, 0.1) is 0 Å². The minimum Gasteiger partial charge on any atom is -0.464 e. The molecule has 1 rings (SSSR count). The average molecular weight is 765 g/mol. The Morgan fingerprint density at radius 2 is 1.19 bits per heavy atom. The summed E-state index contributed by atoms with van der Waals surface area (Å²) < 4.78 is 18.6. The van der Waals surface area contributed by atoms with Crippen LogP contribution < -0.4 is 10.6 Å². The quantitative estimate of drug-likeness (QED) is 0.0580. The van der Waals surface area contributed by atoms with Gasteiger partial charge in [0.1, 0.15) is 18.0 Å². The summed E-state index contributed by atoms with van der Waals surface area (Å²) in [6, 6.07) is -1.03. The molecule has 2 amide bonds. The number of rotatable bonds is 35. The van der Waals surface area contributed by atoms with Crippen molar-refractivity contribution in [2.45, 2.75) is 213 Å². The van der Waals surface area contributed by atoms with Crippen LogP contribution in [0.1, 0.15) is 194 Å². The van der Waals surface area contributed by atoms with Crippen LogP contribution in [0.5, 0.6) is 0 Å². The highest BCUT2D eigenvalue weighted by molar-refractivity contribution is 5.86. The molecule has 0 saturated heterocycles. The van der Waals surface area contributed by atoms with E-state index < -0.39 is 29.7 Å². The fourth-order valence-corrected chi connectivity index (χ4v) is 6.40. The molecule has 0 spiro atoms. The third kappa shape index (κ3) is 28.7. The minimum absolute atomic E-state index is 0.00873. The standard InChI is InChI=1S/C43H80N4O7/c1-6-8-10-12-14-16-18-20-22-24-26-28-30-52-35-38(53-31-29-27-25-23-21-19-17-15-13-11-9-7-2)33-44-40(48)39(46-41(49)54-43(3,4)5)32-37-34-47(36-45-37)42(50)51/h34,36,38-39H,6-33,35H2,1-5H3,(H,44,48)(H,46,49)(H,50,51). The van der Waals surface area contributed by atoms with Crippen LogP contribution in [0.15, 0.2) is 12.5 Å². The second-order valence-electron chi connectivity index (χ2n) is 16.0. The Hall–Kier alpha value is -2.66. The summed E-state index contributed by atoms with van der Waals surface area (Å²) in [5.41, 5.74) is -0.410. The number of aromatic nitrogens is 2. The molecule has 11 nitrogen and oxygen atoms in total. The molecule has 11 heteroatoms. The minimum atomic E-state index is -1.19. The molecule has 3 N–H and O–H groups in total. The van der Waals surface area contributed by atoms with E-state index in [9.17, 15) is 19.5 Å². The van der Waals surface area contributed by atoms with Gasteiger partial charge in [0.25, 0.3) is 0 Å². The van der Waals surface area contributed by atoms with Crippen LogP contribution in [-0.4, -0.2) is 76.9 Å². The van der Waals surface area contributed by atoms with Gasteiger partial charge in [0.15, 0.2) is 0 Å². The van der Waals surface area contributed by atoms with Crippen molar-refractivity contribution in [3.05, 3.63) is 18.2 Å². The highest BCUT2D eigenvalue weighted by Gasteiger charge is 2.26. The molecular weight excluding hydrogens is 684 g/mol. The maximum atomic E-state index is 13.5. The molecule has 1 heterocycles. The van der Waals surface area contributed by atoms with E-state index in [-0.39, 0.29) is 19.1 Å². The molecule has 0 saturated carbocycles. The molecule has 1 aromatic rings. The van der Waals surface area contributed by atoms with Gasteiger partial charge in [0, 0.05) is 32.4 Å². The van der Waals surface area contributed by atoms with Gasteiger partial charge in [0.2, 0.25) is 5.91 Å². The Morgan fingerprint density at radius 3 is 1.63 bits per heavy atom. The van der Waals surface area contributed by atoms with Crippen molar-refractivity contribution in [2.75, 3.05) is 26.4 Å². The normalized spacial score (nSPS) is 12.8. The Morgan fingerprint density at radius 1 is 0.722 bits per heavy atom. The summed E-state index contributed by atoms with van der Waals surface area (Å²) >= 11 is 0. The van der Waals surface area contributed by atoms with E-state index in [1.54, 1.807) is 20.8 Å². The Labute approximate surface area is 328 Å². The van der Waals surface area contributed by atoms with Gasteiger partial charge in [0.05, 0.1) is 18.4 Å². The summed E-state index contributed by atoms with van der Waals surface area (Å²) in [6.45, 7) is 11.6. The monoisotopic (exact) mass is 765 g/mol. The number of carbonyl (C=O) groups excluding carboxylic acids is 2. The van der Waals surface area contributed by atoms with Crippen LogP contribution in [-0.2, 0) is 25.4 Å². The predicted octanol–water partition coefficient (Wildman–Crippen LogP) is 10.8. The molecule has 0 aliphatic carbocycles. The highest BCUT2D eigenvalue weighted by Crippen LogP contribution is 2.14. The number of carbonyl (C=O) groups is 3. The molecule has 2 atom stereocenters. The number of amides is 2. The average Bonchev–Trinajstić information content (AvgIpc) is 3.60. The first-order chi connectivity index (χ1) is 26.1. The van der Waals surface area contributed by atoms with Crippen LogP contribution >= 0.6 is 0 Å². The second-order valence-corrected chi connectivity index (χ2v) is 16.0. The lowest BCUT2D eigenvalue weighted by molar-refractivity contribution is -0.124. The molecule has 0 aromatic carbocycles. The van der Waals surface area contributed by atoms with Crippen LogP contribution in [0.2, 0.25) is 0 Å². The van der Waals surface area contributed by atoms with E-state index in [4.69, 9.17) is 14.2 Å². The number of nitrogens with zero attached hydrogens (tertiary/aromatic N) is 2. The summed E-state index contributed by atoms with van der Waals surface area (Å²) in [6.07, 6.45) is 30.9. The predicted molar refractivity (Wildman–Crippen MR) is 218 cm³/mol. The van der Waals surface area contributed by atoms with Gasteiger partial charge in [-0.2, -0.15) is 0 Å². The van der Waals surface area contributed by atoms with Crippen LogP contribution in [0.3, 0.4) is 0 Å². The molecule has 1 aromatic heterocycles. The molecule has 0 aliphatic heterocycles. The number of hydrogen-bond donors (Lipinski definition) is 3. The summed E-state index contributed by atoms with van der Waals surface area (Å²) in [5.74, 6) is -0.439. The topological polar surface area (TPSA) is 141 Å². The molecule has 0 aliphatic rings. The van der Waals surface area contributed by atoms with Crippen LogP contribution in [0.4, 0.5) is 9.59 Å². The zero-order chi connectivity index (χ0) is 39.7. The molecule has 2 unspecified atom stereocenters. The first kappa shape index (κ1) is 49.4. The second kappa shape index (κ2) is 32.6. The zero-order valence-electron chi connectivity index (χ0n) is 35.1. The van der Waals surface area contributed by atoms with E-state index in [0.29, 0.717) is 25.5 Å². The van der Waals surface area contributed by atoms with Crippen molar-refractivity contribution < 1.29 is 33.7 Å². The third-order valence-electron chi connectivity index (χ3n) is 9.58. The van der Waals surface area contributed by atoms with Crippen molar-refractivity contribution in [3.8, 4) is 0 Å². The van der Waals surface area contributed by atoms with Gasteiger partial charge in [-0.1, -0.05) is 155 Å². The zero-order valence-corrected chi connectivity index (χ0v) is 35.1. The fourth-order valence-electron chi connectivity index (χ4n) is 6.40. The van der Waals surface area contributed by atoms with Crippen molar-refractivity contribution in [1.82, 2.24) is 20.2 Å². The largest absolute Gasteiger partial charge is 0.464 e. The first-order valence-corrected chi connectivity index (χ1v) is 21.8. The lowest BCUT2D eigenvalue weighted by Gasteiger charge is -2.24. The number of hydrogen-bond acceptors (Lipinski definition) is 7. The number of alkyl carbamates (subject to hydrolysis) is 1. The molecule has 0 fully saturated rings. The Balaban J connectivity index is 2.57. The fraction of sp³-hybridized carbons (Fsp3) is 0.860. The number of ether oxygens (including phenoxy) is 3. The smallest absolute Gasteiger partial charge is 0.416 e. The number of nitrogens with one attached hydrogen (secondary N) is 2. The third-order valence-corrected chi connectivity index (χ3v) is 9.58. The molecular formula is C43H80N4O7. The molecule has 0 bridgehead atoms. The number of imidazole rings is 1. The maximum absolute atomic E-state index is 13.5. The van der Waals surface area contributed by atoms with Crippen molar-refractivity contribution >= 4 is 18.1 Å². The van der Waals surface area contributed by atoms with Crippen LogP contribution in [0.25, 0.3) is 0 Å². The van der Waals surface area contributed by atoms with E-state index in [2.05, 4.69) is 29.5 Å². The van der Waals surface area contributed by atoms with Crippen molar-refractivity contribution in [1.29, 1.82) is 0 Å². The first-order valence-electron chi connectivity index (χ1n) is 21.8. The summed E-state index contributed by atoms with van der Waals surface area (Å²) in [5, 5.41) is 14.8. The van der Waals surface area contributed by atoms with E-state index >= 15 is 0 Å². The van der Waals surface area contributed by atoms with Gasteiger partial charge in [-0.15, -0.1) is 0 Å². The van der Waals surface area contributed by atoms with Crippen molar-refractivity contribution in [3.63, 3.8) is 0 Å². The van der Waals surface area contributed by atoms with E-state index in [1.165, 1.54) is 135 Å². The van der Waals surface area contributed by atoms with E-state index in [0.717, 1.165) is 36.6 Å². The Bertz CT molecular complexity index is 1070. The SMILES string of the molecule is CCCCCCCCCCCCCCOCC(CNC(=O)C(Cc1cn(C(=O)O)cn1)NC(=O)OC(C)(C)C)OCCCCCCCCCCCCCC.